The van der Waals surface area contributed by atoms with Crippen LogP contribution in [0.25, 0.3) is 10.9 Å². The van der Waals surface area contributed by atoms with E-state index in [0.717, 1.165) is 52.3 Å². The summed E-state index contributed by atoms with van der Waals surface area (Å²) in [6.45, 7) is 0. The van der Waals surface area contributed by atoms with Gasteiger partial charge in [-0.25, -0.2) is 0 Å². The minimum Gasteiger partial charge on any atom is -0.303 e. The molecule has 4 rings (SSSR count). The van der Waals surface area contributed by atoms with Crippen molar-refractivity contribution in [3.63, 3.8) is 0 Å². The molecule has 2 heterocycles. The van der Waals surface area contributed by atoms with Crippen molar-refractivity contribution in [2.24, 2.45) is 0 Å². The number of H-pyrrole nitrogens is 2. The Morgan fingerprint density at radius 3 is 2.95 bits per heavy atom. The number of aromatic nitrogens is 4. The standard InChI is InChI=1S/C15H14BrN5O/c16-8-5-6-10-12(7-8)19-21-14(10)17-15(22)13-9-3-1-2-4-11(9)18-20-13/h5-7H,1-4H2,(H,18,20)(H2,17,19,21,22). The number of halogens is 1. The summed E-state index contributed by atoms with van der Waals surface area (Å²) in [5.74, 6) is 0.316. The lowest BCUT2D eigenvalue weighted by atomic mass is 9.96. The van der Waals surface area contributed by atoms with E-state index in [1.807, 2.05) is 18.2 Å². The average Bonchev–Trinajstić information content (AvgIpc) is 3.11. The van der Waals surface area contributed by atoms with Crippen LogP contribution in [0.15, 0.2) is 22.7 Å². The lowest BCUT2D eigenvalue weighted by molar-refractivity contribution is 0.102. The van der Waals surface area contributed by atoms with Gasteiger partial charge < -0.3 is 5.32 Å². The van der Waals surface area contributed by atoms with Gasteiger partial charge in [-0.1, -0.05) is 15.9 Å². The Morgan fingerprint density at radius 1 is 1.18 bits per heavy atom. The molecule has 0 bridgehead atoms. The van der Waals surface area contributed by atoms with Crippen LogP contribution in [-0.4, -0.2) is 26.3 Å². The summed E-state index contributed by atoms with van der Waals surface area (Å²) in [5, 5.41) is 18.0. The third kappa shape index (κ3) is 2.21. The van der Waals surface area contributed by atoms with Crippen LogP contribution in [0.1, 0.15) is 34.6 Å². The van der Waals surface area contributed by atoms with Gasteiger partial charge in [0.15, 0.2) is 11.5 Å². The van der Waals surface area contributed by atoms with Gasteiger partial charge >= 0.3 is 0 Å². The molecule has 1 aliphatic rings. The molecule has 1 aliphatic carbocycles. The number of nitrogens with one attached hydrogen (secondary N) is 3. The van der Waals surface area contributed by atoms with Crippen molar-refractivity contribution in [1.82, 2.24) is 20.4 Å². The lowest BCUT2D eigenvalue weighted by Crippen LogP contribution is -2.16. The van der Waals surface area contributed by atoms with Crippen LogP contribution in [0.3, 0.4) is 0 Å². The number of amides is 1. The van der Waals surface area contributed by atoms with Gasteiger partial charge in [0.2, 0.25) is 0 Å². The molecule has 0 unspecified atom stereocenters. The van der Waals surface area contributed by atoms with Gasteiger partial charge in [-0.2, -0.15) is 10.2 Å². The largest absolute Gasteiger partial charge is 0.303 e. The summed E-state index contributed by atoms with van der Waals surface area (Å²) < 4.78 is 0.961. The molecular formula is C15H14BrN5O. The smallest absolute Gasteiger partial charge is 0.277 e. The van der Waals surface area contributed by atoms with Gasteiger partial charge in [-0.3, -0.25) is 15.0 Å². The average molecular weight is 360 g/mol. The summed E-state index contributed by atoms with van der Waals surface area (Å²) in [5.41, 5.74) is 3.50. The quantitative estimate of drug-likeness (QED) is 0.656. The fourth-order valence-corrected chi connectivity index (χ4v) is 3.28. The molecule has 0 radical (unpaired) electrons. The van der Waals surface area contributed by atoms with E-state index < -0.39 is 0 Å². The number of fused-ring (bicyclic) bond motifs is 2. The minimum absolute atomic E-state index is 0.212. The van der Waals surface area contributed by atoms with Crippen molar-refractivity contribution < 1.29 is 4.79 Å². The minimum atomic E-state index is -0.212. The molecule has 1 amide bonds. The van der Waals surface area contributed by atoms with E-state index in [9.17, 15) is 4.79 Å². The SMILES string of the molecule is O=C(Nc1n[nH]c2cc(Br)ccc12)c1n[nH]c2c1CCCC2. The van der Waals surface area contributed by atoms with Crippen LogP contribution in [0, 0.1) is 0 Å². The van der Waals surface area contributed by atoms with Gasteiger partial charge in [-0.15, -0.1) is 0 Å². The molecule has 0 aliphatic heterocycles. The van der Waals surface area contributed by atoms with Crippen molar-refractivity contribution >= 4 is 38.6 Å². The maximum Gasteiger partial charge on any atom is 0.277 e. The second kappa shape index (κ2) is 5.24. The molecular weight excluding hydrogens is 346 g/mol. The van der Waals surface area contributed by atoms with E-state index in [1.165, 1.54) is 0 Å². The van der Waals surface area contributed by atoms with E-state index in [0.29, 0.717) is 11.5 Å². The second-order valence-electron chi connectivity index (χ2n) is 5.45. The van der Waals surface area contributed by atoms with Gasteiger partial charge in [0, 0.05) is 21.1 Å². The Bertz CT molecular complexity index is 866. The lowest BCUT2D eigenvalue weighted by Gasteiger charge is -2.10. The predicted octanol–water partition coefficient (Wildman–Crippen LogP) is 3.18. The monoisotopic (exact) mass is 359 g/mol. The third-order valence-corrected chi connectivity index (χ3v) is 4.52. The number of benzene rings is 1. The topological polar surface area (TPSA) is 86.5 Å². The molecule has 1 aromatic carbocycles. The Morgan fingerprint density at radius 2 is 2.05 bits per heavy atom. The molecule has 112 valence electrons. The maximum absolute atomic E-state index is 12.5. The molecule has 22 heavy (non-hydrogen) atoms. The molecule has 3 N–H and O–H groups in total. The highest BCUT2D eigenvalue weighted by atomic mass is 79.9. The number of anilines is 1. The van der Waals surface area contributed by atoms with Crippen molar-refractivity contribution in [1.29, 1.82) is 0 Å². The molecule has 0 fully saturated rings. The van der Waals surface area contributed by atoms with Crippen molar-refractivity contribution in [2.75, 3.05) is 5.32 Å². The van der Waals surface area contributed by atoms with Crippen molar-refractivity contribution in [3.8, 4) is 0 Å². The summed E-state index contributed by atoms with van der Waals surface area (Å²) in [7, 11) is 0. The Hall–Kier alpha value is -2.15. The van der Waals surface area contributed by atoms with Gasteiger partial charge in [0.25, 0.3) is 5.91 Å². The first kappa shape index (κ1) is 13.5. The Labute approximate surface area is 134 Å². The van der Waals surface area contributed by atoms with E-state index >= 15 is 0 Å². The zero-order valence-corrected chi connectivity index (χ0v) is 13.3. The highest BCUT2D eigenvalue weighted by Crippen LogP contribution is 2.26. The van der Waals surface area contributed by atoms with Crippen LogP contribution in [0.4, 0.5) is 5.82 Å². The highest BCUT2D eigenvalue weighted by molar-refractivity contribution is 9.10. The molecule has 3 aromatic rings. The van der Waals surface area contributed by atoms with E-state index in [-0.39, 0.29) is 5.91 Å². The summed E-state index contributed by atoms with van der Waals surface area (Å²) in [6, 6.07) is 5.76. The van der Waals surface area contributed by atoms with Crippen molar-refractivity contribution in [2.45, 2.75) is 25.7 Å². The zero-order valence-electron chi connectivity index (χ0n) is 11.7. The first-order valence-corrected chi connectivity index (χ1v) is 8.03. The van der Waals surface area contributed by atoms with Crippen LogP contribution < -0.4 is 5.32 Å². The number of carbonyl (C=O) groups is 1. The zero-order chi connectivity index (χ0) is 15.1. The number of hydrogen-bond acceptors (Lipinski definition) is 3. The molecule has 2 aromatic heterocycles. The summed E-state index contributed by atoms with van der Waals surface area (Å²) in [4.78, 5) is 12.5. The molecule has 7 heteroatoms. The number of nitrogens with zero attached hydrogens (tertiary/aromatic N) is 2. The maximum atomic E-state index is 12.5. The number of rotatable bonds is 2. The number of aromatic amines is 2. The Balaban J connectivity index is 1.65. The summed E-state index contributed by atoms with van der Waals surface area (Å²) >= 11 is 3.42. The highest BCUT2D eigenvalue weighted by Gasteiger charge is 2.22. The summed E-state index contributed by atoms with van der Waals surface area (Å²) in [6.07, 6.45) is 4.12. The normalized spacial score (nSPS) is 14.0. The molecule has 0 saturated carbocycles. The molecule has 0 saturated heterocycles. The number of carbonyl (C=O) groups excluding carboxylic acids is 1. The van der Waals surface area contributed by atoms with Gasteiger partial charge in [-0.05, 0) is 43.9 Å². The van der Waals surface area contributed by atoms with Crippen LogP contribution >= 0.6 is 15.9 Å². The van der Waals surface area contributed by atoms with E-state index in [1.54, 1.807) is 0 Å². The molecule has 0 spiro atoms. The first-order chi connectivity index (χ1) is 10.7. The van der Waals surface area contributed by atoms with Gasteiger partial charge in [0.05, 0.1) is 5.52 Å². The van der Waals surface area contributed by atoms with Gasteiger partial charge in [0.1, 0.15) is 0 Å². The van der Waals surface area contributed by atoms with Crippen LogP contribution in [0.2, 0.25) is 0 Å². The Kier molecular flexibility index (Phi) is 3.22. The molecule has 6 nitrogen and oxygen atoms in total. The van der Waals surface area contributed by atoms with E-state index in [4.69, 9.17) is 0 Å². The van der Waals surface area contributed by atoms with Crippen LogP contribution in [0.5, 0.6) is 0 Å². The number of aryl methyl sites for hydroxylation is 1. The molecule has 0 atom stereocenters. The third-order valence-electron chi connectivity index (χ3n) is 4.03. The van der Waals surface area contributed by atoms with E-state index in [2.05, 4.69) is 41.6 Å². The van der Waals surface area contributed by atoms with Crippen LogP contribution in [-0.2, 0) is 12.8 Å². The predicted molar refractivity (Wildman–Crippen MR) is 87.0 cm³/mol. The fourth-order valence-electron chi connectivity index (χ4n) is 2.92. The second-order valence-corrected chi connectivity index (χ2v) is 6.37. The van der Waals surface area contributed by atoms with Crippen molar-refractivity contribution in [3.05, 3.63) is 39.6 Å². The first-order valence-electron chi connectivity index (χ1n) is 7.23. The number of hydrogen-bond donors (Lipinski definition) is 3. The fraction of sp³-hybridized carbons (Fsp3) is 0.267.